The monoisotopic (exact) mass is 487 g/mol. The van der Waals surface area contributed by atoms with Crippen LogP contribution in [0.5, 0.6) is 5.75 Å². The van der Waals surface area contributed by atoms with Gasteiger partial charge in [-0.2, -0.15) is 0 Å². The fourth-order valence-electron chi connectivity index (χ4n) is 5.89. The number of unbranched alkanes of at least 4 members (excludes halogenated alkanes) is 1. The van der Waals surface area contributed by atoms with Crippen molar-refractivity contribution < 1.29 is 40.2 Å². The van der Waals surface area contributed by atoms with Crippen LogP contribution in [0.2, 0.25) is 0 Å². The van der Waals surface area contributed by atoms with Crippen LogP contribution in [0, 0.1) is 0 Å². The zero-order chi connectivity index (χ0) is 25.6. The van der Waals surface area contributed by atoms with Crippen molar-refractivity contribution in [1.29, 1.82) is 0 Å². The van der Waals surface area contributed by atoms with Crippen molar-refractivity contribution in [2.45, 2.75) is 60.6 Å². The average molecular weight is 488 g/mol. The van der Waals surface area contributed by atoms with E-state index in [2.05, 4.69) is 5.32 Å². The molecule has 0 spiro atoms. The van der Waals surface area contributed by atoms with Gasteiger partial charge >= 0.3 is 0 Å². The number of ether oxygens (including phenoxy) is 1. The van der Waals surface area contributed by atoms with Gasteiger partial charge in [0.2, 0.25) is 0 Å². The summed E-state index contributed by atoms with van der Waals surface area (Å²) in [6.07, 6.45) is -1.43. The number of hydrogen-bond acceptors (Lipinski definition) is 8. The molecule has 0 bridgehead atoms. The number of aliphatic hydroxyl groups is 6. The molecule has 4 rings (SSSR count). The molecule has 2 aromatic carbocycles. The molecule has 7 N–H and O–H groups in total. The SMILES string of the molecule is CCCCOc1ccc(C2[C@]3(O)C(O)C(c4ccc(C(=O)NC)cc4)[C@]3(O)[C@]2(O)[C@H](O)CO)cc1. The quantitative estimate of drug-likeness (QED) is 0.244. The lowest BCUT2D eigenvalue weighted by molar-refractivity contribution is -0.459. The molecule has 9 heteroatoms. The van der Waals surface area contributed by atoms with Gasteiger partial charge in [0.25, 0.3) is 5.91 Å². The van der Waals surface area contributed by atoms with Crippen LogP contribution < -0.4 is 10.1 Å². The number of fused-ring (bicyclic) bond motifs is 1. The Balaban J connectivity index is 1.69. The smallest absolute Gasteiger partial charge is 0.251 e. The third-order valence-electron chi connectivity index (χ3n) is 7.74. The molecule has 1 amide bonds. The number of amides is 1. The number of rotatable bonds is 9. The molecule has 0 radical (unpaired) electrons. The number of aliphatic hydroxyl groups excluding tert-OH is 3. The maximum atomic E-state index is 11.9. The predicted octanol–water partition coefficient (Wildman–Crippen LogP) is 0.0271. The zero-order valence-corrected chi connectivity index (χ0v) is 19.8. The molecule has 0 aromatic heterocycles. The highest BCUT2D eigenvalue weighted by atomic mass is 16.5. The van der Waals surface area contributed by atoms with Gasteiger partial charge in [-0.05, 0) is 41.8 Å². The highest BCUT2D eigenvalue weighted by molar-refractivity contribution is 5.94. The molecule has 9 nitrogen and oxygen atoms in total. The van der Waals surface area contributed by atoms with Crippen LogP contribution in [-0.4, -0.2) is 85.8 Å². The minimum Gasteiger partial charge on any atom is -0.494 e. The number of nitrogens with one attached hydrogen (secondary N) is 1. The first-order valence-electron chi connectivity index (χ1n) is 11.8. The highest BCUT2D eigenvalue weighted by Crippen LogP contribution is 2.75. The van der Waals surface area contributed by atoms with Crippen molar-refractivity contribution >= 4 is 5.91 Å². The van der Waals surface area contributed by atoms with Gasteiger partial charge in [0.1, 0.15) is 28.7 Å². The van der Waals surface area contributed by atoms with Gasteiger partial charge in [-0.3, -0.25) is 4.79 Å². The Bertz CT molecular complexity index is 1060. The summed E-state index contributed by atoms with van der Waals surface area (Å²) in [4.78, 5) is 11.9. The van der Waals surface area contributed by atoms with E-state index in [0.29, 0.717) is 29.0 Å². The molecule has 2 aliphatic rings. The summed E-state index contributed by atoms with van der Waals surface area (Å²) >= 11 is 0. The maximum Gasteiger partial charge on any atom is 0.251 e. The van der Waals surface area contributed by atoms with E-state index in [4.69, 9.17) is 4.74 Å². The second-order valence-electron chi connectivity index (χ2n) is 9.44. The summed E-state index contributed by atoms with van der Waals surface area (Å²) in [5.41, 5.74) is -5.85. The molecule has 35 heavy (non-hydrogen) atoms. The first kappa shape index (κ1) is 25.6. The van der Waals surface area contributed by atoms with Crippen LogP contribution >= 0.6 is 0 Å². The van der Waals surface area contributed by atoms with Crippen molar-refractivity contribution in [3.05, 3.63) is 65.2 Å². The van der Waals surface area contributed by atoms with E-state index >= 15 is 0 Å². The molecule has 3 unspecified atom stereocenters. The Labute approximate surface area is 203 Å². The molecule has 0 saturated heterocycles. The van der Waals surface area contributed by atoms with Gasteiger partial charge in [0, 0.05) is 18.5 Å². The van der Waals surface area contributed by atoms with Gasteiger partial charge in [-0.15, -0.1) is 0 Å². The first-order chi connectivity index (χ1) is 16.6. The average Bonchev–Trinajstić information content (AvgIpc) is 2.88. The van der Waals surface area contributed by atoms with Crippen LogP contribution in [0.4, 0.5) is 0 Å². The number of carbonyl (C=O) groups excluding carboxylic acids is 1. The molecule has 0 aliphatic heterocycles. The van der Waals surface area contributed by atoms with E-state index in [1.807, 2.05) is 6.92 Å². The Morgan fingerprint density at radius 2 is 1.66 bits per heavy atom. The fraction of sp³-hybridized carbons (Fsp3) is 0.500. The largest absolute Gasteiger partial charge is 0.494 e. The van der Waals surface area contributed by atoms with Crippen LogP contribution in [0.1, 0.15) is 53.1 Å². The number of carbonyl (C=O) groups is 1. The minimum atomic E-state index is -2.37. The van der Waals surface area contributed by atoms with Crippen molar-refractivity contribution in [3.63, 3.8) is 0 Å². The minimum absolute atomic E-state index is 0.320. The maximum absolute atomic E-state index is 11.9. The van der Waals surface area contributed by atoms with Gasteiger partial charge in [0.15, 0.2) is 0 Å². The summed E-state index contributed by atoms with van der Waals surface area (Å²) in [7, 11) is 1.49. The lowest BCUT2D eigenvalue weighted by Gasteiger charge is -2.80. The number of benzene rings is 2. The second kappa shape index (κ2) is 9.16. The summed E-state index contributed by atoms with van der Waals surface area (Å²) in [6, 6.07) is 12.5. The van der Waals surface area contributed by atoms with E-state index in [-0.39, 0.29) is 5.91 Å². The predicted molar refractivity (Wildman–Crippen MR) is 126 cm³/mol. The van der Waals surface area contributed by atoms with E-state index in [9.17, 15) is 35.4 Å². The molecular weight excluding hydrogens is 454 g/mol. The fourth-order valence-corrected chi connectivity index (χ4v) is 5.89. The third-order valence-corrected chi connectivity index (χ3v) is 7.74. The van der Waals surface area contributed by atoms with Crippen molar-refractivity contribution in [3.8, 4) is 5.75 Å². The lowest BCUT2D eigenvalue weighted by atomic mass is 9.30. The molecule has 2 aliphatic carbocycles. The topological polar surface area (TPSA) is 160 Å². The molecule has 0 heterocycles. The normalized spacial score (nSPS) is 34.2. The second-order valence-corrected chi connectivity index (χ2v) is 9.44. The van der Waals surface area contributed by atoms with Crippen LogP contribution in [0.15, 0.2) is 48.5 Å². The van der Waals surface area contributed by atoms with Crippen molar-refractivity contribution in [2.24, 2.45) is 0 Å². The van der Waals surface area contributed by atoms with Gasteiger partial charge < -0.3 is 40.7 Å². The van der Waals surface area contributed by atoms with Crippen LogP contribution in [0.3, 0.4) is 0 Å². The molecule has 2 fully saturated rings. The Morgan fingerprint density at radius 3 is 2.20 bits per heavy atom. The molecule has 2 saturated carbocycles. The van der Waals surface area contributed by atoms with E-state index in [0.717, 1.165) is 12.8 Å². The summed E-state index contributed by atoms with van der Waals surface area (Å²) < 4.78 is 5.65. The van der Waals surface area contributed by atoms with E-state index in [1.165, 1.54) is 31.3 Å². The van der Waals surface area contributed by atoms with E-state index < -0.39 is 47.5 Å². The van der Waals surface area contributed by atoms with E-state index in [1.54, 1.807) is 24.3 Å². The van der Waals surface area contributed by atoms with Gasteiger partial charge in [0.05, 0.1) is 25.2 Å². The van der Waals surface area contributed by atoms with Crippen LogP contribution in [0.25, 0.3) is 0 Å². The molecule has 190 valence electrons. The Hall–Kier alpha value is -2.53. The Kier molecular flexibility index (Phi) is 6.69. The summed E-state index contributed by atoms with van der Waals surface area (Å²) in [6.45, 7) is 1.71. The Morgan fingerprint density at radius 1 is 1.06 bits per heavy atom. The van der Waals surface area contributed by atoms with Crippen LogP contribution in [-0.2, 0) is 0 Å². The highest BCUT2D eigenvalue weighted by Gasteiger charge is 2.93. The third kappa shape index (κ3) is 3.34. The number of hydrogen-bond donors (Lipinski definition) is 7. The summed E-state index contributed by atoms with van der Waals surface area (Å²) in [5.74, 6) is -2.20. The van der Waals surface area contributed by atoms with Gasteiger partial charge in [-0.1, -0.05) is 37.6 Å². The molecular formula is C26H33NO8. The zero-order valence-electron chi connectivity index (χ0n) is 19.8. The molecule has 7 atom stereocenters. The van der Waals surface area contributed by atoms with Crippen molar-refractivity contribution in [1.82, 2.24) is 5.32 Å². The first-order valence-corrected chi connectivity index (χ1v) is 11.8. The van der Waals surface area contributed by atoms with Crippen molar-refractivity contribution in [2.75, 3.05) is 20.3 Å². The van der Waals surface area contributed by atoms with Gasteiger partial charge in [-0.25, -0.2) is 0 Å². The lowest BCUT2D eigenvalue weighted by Crippen LogP contribution is -2.99. The summed E-state index contributed by atoms with van der Waals surface area (Å²) in [5, 5.41) is 68.7. The molecule has 2 aromatic rings. The standard InChI is InChI=1S/C26H33NO8/c1-3-4-13-35-18-11-9-16(10-12-18)21-24(32,19(29)14-28)26(34)20(22(30)25(21,26)33)15-5-7-17(8-6-15)23(31)27-2/h5-12,19-22,28-30,32-34H,3-4,13-14H2,1-2H3,(H,27,31)/t19-,20?,21?,22?,24+,25+,26+/m1/s1.